The molecule has 2 aliphatic rings. The molecule has 2 atom stereocenters. The van der Waals surface area contributed by atoms with Crippen LogP contribution in [0, 0.1) is 16.7 Å². The van der Waals surface area contributed by atoms with Gasteiger partial charge in [0, 0.05) is 5.92 Å². The molecular formula is C13H15F3N4O2. The predicted molar refractivity (Wildman–Crippen MR) is 68.5 cm³/mol. The number of H-pyrrole nitrogens is 1. The molecule has 1 saturated carbocycles. The maximum atomic E-state index is 12.7. The van der Waals surface area contributed by atoms with Crippen molar-refractivity contribution in [1.29, 1.82) is 0 Å². The molecular weight excluding hydrogens is 301 g/mol. The number of aromatic nitrogens is 3. The van der Waals surface area contributed by atoms with Gasteiger partial charge in [-0.05, 0) is 18.3 Å². The Hall–Kier alpha value is -1.93. The molecule has 9 heteroatoms. The highest BCUT2D eigenvalue weighted by molar-refractivity contribution is 6.19. The largest absolute Gasteiger partial charge is 0.451 e. The third kappa shape index (κ3) is 1.67. The smallest absolute Gasteiger partial charge is 0.274 e. The summed E-state index contributed by atoms with van der Waals surface area (Å²) in [5, 5.41) is 5.15. The lowest BCUT2D eigenvalue weighted by Crippen LogP contribution is -2.59. The second-order valence-corrected chi connectivity index (χ2v) is 6.61. The number of halogens is 3. The zero-order valence-corrected chi connectivity index (χ0v) is 12.3. The quantitative estimate of drug-likeness (QED) is 0.805. The number of piperidine rings is 1. The number of nitrogens with one attached hydrogen (secondary N) is 1. The number of amides is 2. The maximum absolute atomic E-state index is 12.7. The van der Waals surface area contributed by atoms with E-state index in [4.69, 9.17) is 0 Å². The average Bonchev–Trinajstić information content (AvgIpc) is 2.91. The van der Waals surface area contributed by atoms with Crippen molar-refractivity contribution < 1.29 is 22.8 Å². The first kappa shape index (κ1) is 15.0. The molecule has 3 rings (SSSR count). The van der Waals surface area contributed by atoms with Crippen molar-refractivity contribution >= 4 is 17.8 Å². The number of imide groups is 1. The molecule has 1 aliphatic heterocycles. The van der Waals surface area contributed by atoms with Crippen molar-refractivity contribution in [2.45, 2.75) is 39.8 Å². The molecule has 0 aromatic carbocycles. The molecule has 1 aliphatic carbocycles. The summed E-state index contributed by atoms with van der Waals surface area (Å²) >= 11 is 0. The summed E-state index contributed by atoms with van der Waals surface area (Å²) in [5.41, 5.74) is -1.36. The van der Waals surface area contributed by atoms with Gasteiger partial charge in [-0.3, -0.25) is 14.7 Å². The standard InChI is InChI=1S/C13H15F3N4O2/c1-11(2)6-4-5-12(11,3)9(22)20(7(6)21)10-17-8(18-19-10)13(14,15)16/h6H,4-5H2,1-3H3,(H,17,18,19)/t6-,12+/m1/s1. The van der Waals surface area contributed by atoms with E-state index < -0.39 is 46.5 Å². The number of carbonyl (C=O) groups is 2. The molecule has 1 aromatic heterocycles. The van der Waals surface area contributed by atoms with Crippen LogP contribution >= 0.6 is 0 Å². The first-order valence-electron chi connectivity index (χ1n) is 6.88. The summed E-state index contributed by atoms with van der Waals surface area (Å²) in [6.45, 7) is 5.43. The Morgan fingerprint density at radius 3 is 2.45 bits per heavy atom. The highest BCUT2D eigenvalue weighted by Crippen LogP contribution is 2.60. The highest BCUT2D eigenvalue weighted by Gasteiger charge is 2.65. The van der Waals surface area contributed by atoms with Gasteiger partial charge in [-0.15, -0.1) is 5.10 Å². The summed E-state index contributed by atoms with van der Waals surface area (Å²) in [6, 6.07) is 0. The van der Waals surface area contributed by atoms with Gasteiger partial charge in [-0.2, -0.15) is 18.2 Å². The molecule has 1 N–H and O–H groups in total. The van der Waals surface area contributed by atoms with Crippen LogP contribution in [-0.2, 0) is 15.8 Å². The van der Waals surface area contributed by atoms with Crippen LogP contribution in [-0.4, -0.2) is 27.0 Å². The minimum atomic E-state index is -4.71. The molecule has 22 heavy (non-hydrogen) atoms. The zero-order chi connectivity index (χ0) is 16.5. The highest BCUT2D eigenvalue weighted by atomic mass is 19.4. The number of aromatic amines is 1. The molecule has 2 amide bonds. The molecule has 0 spiro atoms. The monoisotopic (exact) mass is 316 g/mol. The summed E-state index contributed by atoms with van der Waals surface area (Å²) in [7, 11) is 0. The van der Waals surface area contributed by atoms with Crippen molar-refractivity contribution in [2.24, 2.45) is 16.7 Å². The molecule has 6 nitrogen and oxygen atoms in total. The number of hydrogen-bond donors (Lipinski definition) is 1. The van der Waals surface area contributed by atoms with Crippen LogP contribution in [0.25, 0.3) is 0 Å². The van der Waals surface area contributed by atoms with Gasteiger partial charge in [0.05, 0.1) is 5.41 Å². The predicted octanol–water partition coefficient (Wildman–Crippen LogP) is 2.14. The molecule has 2 heterocycles. The zero-order valence-electron chi connectivity index (χ0n) is 12.3. The summed E-state index contributed by atoms with van der Waals surface area (Å²) in [5.74, 6) is -3.36. The molecule has 1 aromatic rings. The lowest BCUT2D eigenvalue weighted by Gasteiger charge is -2.46. The Bertz CT molecular complexity index is 666. The fourth-order valence-electron chi connectivity index (χ4n) is 3.49. The Morgan fingerprint density at radius 2 is 1.91 bits per heavy atom. The number of hydrogen-bond acceptors (Lipinski definition) is 4. The van der Waals surface area contributed by atoms with Crippen LogP contribution in [0.3, 0.4) is 0 Å². The van der Waals surface area contributed by atoms with E-state index in [-0.39, 0.29) is 0 Å². The number of rotatable bonds is 1. The third-order valence-electron chi connectivity index (χ3n) is 5.36. The van der Waals surface area contributed by atoms with Gasteiger partial charge in [-0.1, -0.05) is 20.8 Å². The van der Waals surface area contributed by atoms with E-state index in [1.165, 1.54) is 0 Å². The number of fused-ring (bicyclic) bond motifs is 2. The van der Waals surface area contributed by atoms with Gasteiger partial charge in [-0.25, -0.2) is 4.90 Å². The third-order valence-corrected chi connectivity index (χ3v) is 5.36. The van der Waals surface area contributed by atoms with Gasteiger partial charge in [0.15, 0.2) is 0 Å². The molecule has 0 unspecified atom stereocenters. The fourth-order valence-corrected chi connectivity index (χ4v) is 3.49. The summed E-state index contributed by atoms with van der Waals surface area (Å²) in [4.78, 5) is 29.2. The van der Waals surface area contributed by atoms with E-state index in [2.05, 4.69) is 10.1 Å². The Kier molecular flexibility index (Phi) is 2.78. The molecule has 2 bridgehead atoms. The van der Waals surface area contributed by atoms with E-state index in [9.17, 15) is 22.8 Å². The van der Waals surface area contributed by atoms with Crippen LogP contribution in [0.1, 0.15) is 39.4 Å². The van der Waals surface area contributed by atoms with Crippen LogP contribution in [0.4, 0.5) is 19.1 Å². The maximum Gasteiger partial charge on any atom is 0.451 e. The van der Waals surface area contributed by atoms with Gasteiger partial charge < -0.3 is 0 Å². The lowest BCUT2D eigenvalue weighted by molar-refractivity contribution is -0.147. The number of alkyl halides is 3. The molecule has 1 saturated heterocycles. The van der Waals surface area contributed by atoms with Crippen molar-refractivity contribution in [3.05, 3.63) is 5.82 Å². The number of nitrogens with zero attached hydrogens (tertiary/aromatic N) is 3. The van der Waals surface area contributed by atoms with Crippen molar-refractivity contribution in [1.82, 2.24) is 15.2 Å². The Balaban J connectivity index is 2.05. The number of anilines is 1. The number of carbonyl (C=O) groups excluding carboxylic acids is 2. The minimum Gasteiger partial charge on any atom is -0.274 e. The topological polar surface area (TPSA) is 79.0 Å². The molecule has 120 valence electrons. The average molecular weight is 316 g/mol. The van der Waals surface area contributed by atoms with Crippen LogP contribution < -0.4 is 4.90 Å². The Labute approximate surface area is 124 Å². The molecule has 0 radical (unpaired) electrons. The second-order valence-electron chi connectivity index (χ2n) is 6.61. The van der Waals surface area contributed by atoms with E-state index >= 15 is 0 Å². The van der Waals surface area contributed by atoms with Gasteiger partial charge in [0.25, 0.3) is 5.95 Å². The first-order chi connectivity index (χ1) is 10.00. The van der Waals surface area contributed by atoms with Gasteiger partial charge in [0.2, 0.25) is 17.6 Å². The molecule has 2 fully saturated rings. The normalized spacial score (nSPS) is 31.0. The van der Waals surface area contributed by atoms with E-state index in [1.807, 2.05) is 13.8 Å². The SMILES string of the molecule is CC1(C)[C@@H]2CC[C@@]1(C)C(=O)N(c1n[nH]c(C(F)(F)F)n1)C2=O. The summed E-state index contributed by atoms with van der Waals surface area (Å²) in [6.07, 6.45) is -3.67. The van der Waals surface area contributed by atoms with Crippen molar-refractivity contribution in [3.63, 3.8) is 0 Å². The van der Waals surface area contributed by atoms with E-state index in [0.717, 1.165) is 0 Å². The van der Waals surface area contributed by atoms with Crippen LogP contribution in [0.5, 0.6) is 0 Å². The van der Waals surface area contributed by atoms with Gasteiger partial charge >= 0.3 is 6.18 Å². The minimum absolute atomic E-state index is 0.428. The Morgan fingerprint density at radius 1 is 1.27 bits per heavy atom. The van der Waals surface area contributed by atoms with Crippen LogP contribution in [0.2, 0.25) is 0 Å². The van der Waals surface area contributed by atoms with Crippen molar-refractivity contribution in [2.75, 3.05) is 4.90 Å². The summed E-state index contributed by atoms with van der Waals surface area (Å²) < 4.78 is 37.8. The fraction of sp³-hybridized carbons (Fsp3) is 0.692. The second kappa shape index (κ2) is 4.08. The van der Waals surface area contributed by atoms with Crippen LogP contribution in [0.15, 0.2) is 0 Å². The lowest BCUT2D eigenvalue weighted by atomic mass is 9.62. The van der Waals surface area contributed by atoms with Crippen molar-refractivity contribution in [3.8, 4) is 0 Å². The van der Waals surface area contributed by atoms with Gasteiger partial charge in [0.1, 0.15) is 0 Å². The van der Waals surface area contributed by atoms with E-state index in [0.29, 0.717) is 17.7 Å². The van der Waals surface area contributed by atoms with E-state index in [1.54, 1.807) is 12.0 Å². The first-order valence-corrected chi connectivity index (χ1v) is 6.88.